The van der Waals surface area contributed by atoms with Gasteiger partial charge in [0.25, 0.3) is 0 Å². The highest BCUT2D eigenvalue weighted by atomic mass is 19.1. The third-order valence-electron chi connectivity index (χ3n) is 5.12. The van der Waals surface area contributed by atoms with Crippen LogP contribution in [0.5, 0.6) is 0 Å². The largest absolute Gasteiger partial charge is 0.296 e. The molecule has 0 spiro atoms. The van der Waals surface area contributed by atoms with E-state index >= 15 is 0 Å². The van der Waals surface area contributed by atoms with Crippen LogP contribution in [0.25, 0.3) is 11.1 Å². The Morgan fingerprint density at radius 2 is 1.79 bits per heavy atom. The van der Waals surface area contributed by atoms with Crippen LogP contribution >= 0.6 is 0 Å². The lowest BCUT2D eigenvalue weighted by Crippen LogP contribution is -2.47. The number of alkyl halides is 1. The van der Waals surface area contributed by atoms with Crippen molar-refractivity contribution in [3.8, 4) is 17.2 Å². The quantitative estimate of drug-likeness (QED) is 0.807. The molecule has 0 bridgehead atoms. The molecule has 2 atom stereocenters. The first-order valence-corrected chi connectivity index (χ1v) is 8.48. The van der Waals surface area contributed by atoms with E-state index in [1.807, 2.05) is 25.1 Å². The minimum absolute atomic E-state index is 0.299. The van der Waals surface area contributed by atoms with E-state index in [4.69, 9.17) is 5.26 Å². The van der Waals surface area contributed by atoms with E-state index in [9.17, 15) is 4.39 Å². The highest BCUT2D eigenvalue weighted by Crippen LogP contribution is 2.36. The van der Waals surface area contributed by atoms with Crippen LogP contribution < -0.4 is 0 Å². The summed E-state index contributed by atoms with van der Waals surface area (Å²) in [7, 11) is 0. The standard InChI is InChI=1S/C21H23FN2/c1-21(11-13-23)12-14-24(16-20(21)22)15-17-7-9-19(10-8-17)18-5-3-2-4-6-18/h2-10,20H,11-12,14-16H2,1H3/t20-,21+/m1/s1. The first-order chi connectivity index (χ1) is 11.6. The van der Waals surface area contributed by atoms with Gasteiger partial charge in [-0.25, -0.2) is 4.39 Å². The first kappa shape index (κ1) is 16.7. The van der Waals surface area contributed by atoms with Gasteiger partial charge < -0.3 is 0 Å². The average molecular weight is 322 g/mol. The van der Waals surface area contributed by atoms with Crippen LogP contribution in [-0.2, 0) is 6.54 Å². The van der Waals surface area contributed by atoms with Crippen molar-refractivity contribution in [3.63, 3.8) is 0 Å². The number of hydrogen-bond donors (Lipinski definition) is 0. The summed E-state index contributed by atoms with van der Waals surface area (Å²) >= 11 is 0. The van der Waals surface area contributed by atoms with Gasteiger partial charge in [0.15, 0.2) is 0 Å². The van der Waals surface area contributed by atoms with E-state index in [0.29, 0.717) is 13.0 Å². The van der Waals surface area contributed by atoms with Crippen molar-refractivity contribution in [2.75, 3.05) is 13.1 Å². The van der Waals surface area contributed by atoms with Crippen molar-refractivity contribution < 1.29 is 4.39 Å². The number of nitrogens with zero attached hydrogens (tertiary/aromatic N) is 2. The second-order valence-corrected chi connectivity index (χ2v) is 7.00. The molecule has 1 aliphatic heterocycles. The van der Waals surface area contributed by atoms with E-state index < -0.39 is 11.6 Å². The van der Waals surface area contributed by atoms with Gasteiger partial charge >= 0.3 is 0 Å². The van der Waals surface area contributed by atoms with Crippen molar-refractivity contribution in [1.82, 2.24) is 4.90 Å². The lowest BCUT2D eigenvalue weighted by molar-refractivity contribution is 0.0186. The summed E-state index contributed by atoms with van der Waals surface area (Å²) in [5.41, 5.74) is 3.12. The Balaban J connectivity index is 1.62. The summed E-state index contributed by atoms with van der Waals surface area (Å²) in [5.74, 6) is 0. The first-order valence-electron chi connectivity index (χ1n) is 8.48. The minimum Gasteiger partial charge on any atom is -0.296 e. The van der Waals surface area contributed by atoms with Crippen molar-refractivity contribution in [3.05, 3.63) is 60.2 Å². The van der Waals surface area contributed by atoms with Crippen molar-refractivity contribution in [2.45, 2.75) is 32.5 Å². The van der Waals surface area contributed by atoms with Crippen LogP contribution in [0.15, 0.2) is 54.6 Å². The lowest BCUT2D eigenvalue weighted by Gasteiger charge is -2.41. The molecule has 124 valence electrons. The monoisotopic (exact) mass is 322 g/mol. The Morgan fingerprint density at radius 1 is 1.12 bits per heavy atom. The minimum atomic E-state index is -0.936. The number of piperidine rings is 1. The lowest BCUT2D eigenvalue weighted by atomic mass is 9.76. The molecule has 0 aliphatic carbocycles. The van der Waals surface area contributed by atoms with Gasteiger partial charge in [-0.1, -0.05) is 61.5 Å². The number of hydrogen-bond acceptors (Lipinski definition) is 2. The van der Waals surface area contributed by atoms with Crippen LogP contribution in [0.3, 0.4) is 0 Å². The molecule has 2 aromatic carbocycles. The molecule has 1 aliphatic rings. The highest BCUT2D eigenvalue weighted by Gasteiger charge is 2.39. The van der Waals surface area contributed by atoms with Gasteiger partial charge in [0, 0.05) is 24.9 Å². The predicted octanol–water partition coefficient (Wildman–Crippen LogP) is 4.82. The second kappa shape index (κ2) is 7.15. The molecule has 0 saturated carbocycles. The van der Waals surface area contributed by atoms with E-state index in [0.717, 1.165) is 19.5 Å². The molecular weight excluding hydrogens is 299 g/mol. The fourth-order valence-corrected chi connectivity index (χ4v) is 3.32. The number of rotatable bonds is 4. The Morgan fingerprint density at radius 3 is 2.42 bits per heavy atom. The summed E-state index contributed by atoms with van der Waals surface area (Å²) in [6, 6.07) is 20.9. The molecule has 1 saturated heterocycles. The Bertz CT molecular complexity index is 705. The van der Waals surface area contributed by atoms with Crippen LogP contribution in [0.2, 0.25) is 0 Å². The summed E-state index contributed by atoms with van der Waals surface area (Å²) in [5, 5.41) is 8.89. The maximum absolute atomic E-state index is 14.5. The number of likely N-dealkylation sites (tertiary alicyclic amines) is 1. The molecule has 1 heterocycles. The van der Waals surface area contributed by atoms with Crippen LogP contribution in [0, 0.1) is 16.7 Å². The maximum atomic E-state index is 14.5. The fourth-order valence-electron chi connectivity index (χ4n) is 3.32. The molecule has 2 nitrogen and oxygen atoms in total. The van der Waals surface area contributed by atoms with Gasteiger partial charge in [0.1, 0.15) is 6.17 Å². The molecule has 24 heavy (non-hydrogen) atoms. The zero-order valence-electron chi connectivity index (χ0n) is 14.1. The zero-order valence-corrected chi connectivity index (χ0v) is 14.1. The third-order valence-corrected chi connectivity index (χ3v) is 5.12. The van der Waals surface area contributed by atoms with Gasteiger partial charge in [-0.05, 0) is 29.7 Å². The van der Waals surface area contributed by atoms with E-state index in [1.54, 1.807) is 0 Å². The van der Waals surface area contributed by atoms with Crippen LogP contribution in [-0.4, -0.2) is 24.2 Å². The zero-order chi connectivity index (χ0) is 17.0. The molecule has 1 fully saturated rings. The van der Waals surface area contributed by atoms with Gasteiger partial charge in [-0.2, -0.15) is 5.26 Å². The number of nitriles is 1. The summed E-state index contributed by atoms with van der Waals surface area (Å²) < 4.78 is 14.5. The molecule has 0 radical (unpaired) electrons. The topological polar surface area (TPSA) is 27.0 Å². The van der Waals surface area contributed by atoms with Gasteiger partial charge in [-0.3, -0.25) is 4.90 Å². The van der Waals surface area contributed by atoms with E-state index in [2.05, 4.69) is 47.4 Å². The normalized spacial score (nSPS) is 24.5. The van der Waals surface area contributed by atoms with E-state index in [1.165, 1.54) is 16.7 Å². The summed E-state index contributed by atoms with van der Waals surface area (Å²) in [6.45, 7) is 3.92. The fraction of sp³-hybridized carbons (Fsp3) is 0.381. The van der Waals surface area contributed by atoms with Gasteiger partial charge in [-0.15, -0.1) is 0 Å². The van der Waals surface area contributed by atoms with Gasteiger partial charge in [0.2, 0.25) is 0 Å². The van der Waals surface area contributed by atoms with Crippen LogP contribution in [0.1, 0.15) is 25.3 Å². The van der Waals surface area contributed by atoms with E-state index in [-0.39, 0.29) is 0 Å². The number of benzene rings is 2. The molecule has 2 aromatic rings. The van der Waals surface area contributed by atoms with Crippen LogP contribution in [0.4, 0.5) is 4.39 Å². The SMILES string of the molecule is C[C@]1(CC#N)CCN(Cc2ccc(-c3ccccc3)cc2)C[C@H]1F. The summed E-state index contributed by atoms with van der Waals surface area (Å²) in [6.07, 6.45) is 0.104. The Labute approximate surface area is 143 Å². The third kappa shape index (κ3) is 3.66. The average Bonchev–Trinajstić information content (AvgIpc) is 2.60. The maximum Gasteiger partial charge on any atom is 0.119 e. The summed E-state index contributed by atoms with van der Waals surface area (Å²) in [4.78, 5) is 2.15. The Kier molecular flexibility index (Phi) is 4.97. The molecular formula is C21H23FN2. The van der Waals surface area contributed by atoms with Crippen molar-refractivity contribution in [2.24, 2.45) is 5.41 Å². The predicted molar refractivity (Wildman–Crippen MR) is 95.0 cm³/mol. The smallest absolute Gasteiger partial charge is 0.119 e. The molecule has 3 heteroatoms. The molecule has 0 aromatic heterocycles. The highest BCUT2D eigenvalue weighted by molar-refractivity contribution is 5.63. The van der Waals surface area contributed by atoms with Crippen molar-refractivity contribution in [1.29, 1.82) is 5.26 Å². The second-order valence-electron chi connectivity index (χ2n) is 7.00. The molecule has 0 N–H and O–H groups in total. The molecule has 3 rings (SSSR count). The molecule has 0 amide bonds. The molecule has 0 unspecified atom stereocenters. The Hall–Kier alpha value is -2.18. The van der Waals surface area contributed by atoms with Gasteiger partial charge in [0.05, 0.1) is 6.07 Å². The number of halogens is 1. The van der Waals surface area contributed by atoms with Crippen molar-refractivity contribution >= 4 is 0 Å².